The molecule has 0 aliphatic heterocycles. The molecule has 0 aromatic carbocycles. The Morgan fingerprint density at radius 1 is 0.871 bits per heavy atom. The monoisotopic (exact) mass is 436 g/mol. The number of amides is 2. The van der Waals surface area contributed by atoms with E-state index in [0.29, 0.717) is 0 Å². The molecule has 1 unspecified atom stereocenters. The van der Waals surface area contributed by atoms with Crippen molar-refractivity contribution in [2.45, 2.75) is 103 Å². The number of carbonyl (C=O) groups excluding carboxylic acids is 2. The van der Waals surface area contributed by atoms with Gasteiger partial charge < -0.3 is 10.4 Å². The normalized spacial score (nSPS) is 12.2. The molecular weight excluding hydrogens is 396 g/mol. The van der Waals surface area contributed by atoms with Gasteiger partial charge in [0.25, 0.3) is 0 Å². The molecule has 4 N–H and O–H groups in total. The molecule has 0 heterocycles. The van der Waals surface area contributed by atoms with Crippen molar-refractivity contribution in [2.75, 3.05) is 0 Å². The van der Waals surface area contributed by atoms with Gasteiger partial charge in [-0.2, -0.15) is 5.53 Å². The summed E-state index contributed by atoms with van der Waals surface area (Å²) < 4.78 is 0. The number of carboxylic acids is 1. The van der Waals surface area contributed by atoms with Crippen LogP contribution in [0.1, 0.15) is 96.8 Å². The second-order valence-corrected chi connectivity index (χ2v) is 7.62. The Balaban J connectivity index is 3.71. The average Bonchev–Trinajstić information content (AvgIpc) is 2.73. The van der Waals surface area contributed by atoms with Gasteiger partial charge >= 0.3 is 5.97 Å². The highest BCUT2D eigenvalue weighted by molar-refractivity contribution is 5.84. The van der Waals surface area contributed by atoms with Crippen molar-refractivity contribution in [2.24, 2.45) is 5.22 Å². The van der Waals surface area contributed by atoms with E-state index in [2.05, 4.69) is 41.8 Å². The van der Waals surface area contributed by atoms with Gasteiger partial charge in [0, 0.05) is 12.8 Å². The molecule has 8 nitrogen and oxygen atoms in total. The number of unbranched alkanes of at least 4 members (excludes halogenated alkanes) is 8. The summed E-state index contributed by atoms with van der Waals surface area (Å²) in [6.07, 6.45) is 21.1. The summed E-state index contributed by atoms with van der Waals surface area (Å²) in [6.45, 7) is 2.22. The van der Waals surface area contributed by atoms with E-state index in [0.717, 1.165) is 44.9 Å². The minimum atomic E-state index is -1.18. The maximum Gasteiger partial charge on any atom is 0.326 e. The van der Waals surface area contributed by atoms with Crippen LogP contribution < -0.4 is 10.7 Å². The molecule has 1 atom stereocenters. The standard InChI is InChI=1S/C23H40N4O4/c1-2-3-4-5-6-7-8-9-10-11-12-13-14-15-16-17-21(28)25-20(23(30)31)18-19-22(29)26-27-24/h6-7,9-10,20H,2-5,8,11-19H2,1H3,(H,25,28)(H,30,31)(H2,24,26,29)/b7-6-,10-9-. The van der Waals surface area contributed by atoms with Gasteiger partial charge in [0.1, 0.15) is 6.04 Å². The van der Waals surface area contributed by atoms with Crippen LogP contribution in [-0.2, 0) is 14.4 Å². The van der Waals surface area contributed by atoms with Crippen LogP contribution in [0.15, 0.2) is 29.5 Å². The molecule has 0 radical (unpaired) electrons. The third-order valence-electron chi connectivity index (χ3n) is 4.83. The Kier molecular flexibility index (Phi) is 19.1. The third kappa shape index (κ3) is 19.2. The fraction of sp³-hybridized carbons (Fsp3) is 0.696. The number of hydrogen-bond donors (Lipinski definition) is 4. The van der Waals surface area contributed by atoms with Gasteiger partial charge in [-0.05, 0) is 44.9 Å². The van der Waals surface area contributed by atoms with E-state index in [1.165, 1.54) is 25.7 Å². The van der Waals surface area contributed by atoms with Crippen LogP contribution in [0.2, 0.25) is 0 Å². The Morgan fingerprint density at radius 2 is 1.48 bits per heavy atom. The predicted molar refractivity (Wildman–Crippen MR) is 121 cm³/mol. The second kappa shape index (κ2) is 20.8. The molecule has 0 aliphatic rings. The quantitative estimate of drug-likeness (QED) is 0.0902. The summed E-state index contributed by atoms with van der Waals surface area (Å²) in [5.41, 5.74) is 8.44. The van der Waals surface area contributed by atoms with Gasteiger partial charge in [-0.1, -0.05) is 68.6 Å². The molecule has 2 amide bonds. The lowest BCUT2D eigenvalue weighted by molar-refractivity contribution is -0.142. The molecule has 0 aromatic rings. The lowest BCUT2D eigenvalue weighted by Crippen LogP contribution is -2.41. The summed E-state index contributed by atoms with van der Waals surface area (Å²) >= 11 is 0. The van der Waals surface area contributed by atoms with Gasteiger partial charge in [0.05, 0.1) is 0 Å². The average molecular weight is 437 g/mol. The Morgan fingerprint density at radius 3 is 2.10 bits per heavy atom. The first-order valence-electron chi connectivity index (χ1n) is 11.5. The predicted octanol–water partition coefficient (Wildman–Crippen LogP) is 5.21. The lowest BCUT2D eigenvalue weighted by atomic mass is 10.1. The van der Waals surface area contributed by atoms with Crippen LogP contribution in [0.4, 0.5) is 0 Å². The second-order valence-electron chi connectivity index (χ2n) is 7.62. The SMILES string of the molecule is CCCCC/C=C\C/C=C\CCCCCCCC(=O)NC(CCC(=O)NN=N)C(=O)O. The molecule has 31 heavy (non-hydrogen) atoms. The maximum atomic E-state index is 11.9. The van der Waals surface area contributed by atoms with Crippen LogP contribution in [-0.4, -0.2) is 28.9 Å². The zero-order valence-corrected chi connectivity index (χ0v) is 18.9. The number of aliphatic carboxylic acids is 1. The van der Waals surface area contributed by atoms with E-state index in [1.807, 2.05) is 5.43 Å². The molecule has 0 aromatic heterocycles. The smallest absolute Gasteiger partial charge is 0.326 e. The van der Waals surface area contributed by atoms with Crippen LogP contribution in [0, 0.1) is 5.53 Å². The molecule has 0 spiro atoms. The summed E-state index contributed by atoms with van der Waals surface area (Å²) in [7, 11) is 0. The van der Waals surface area contributed by atoms with Crippen molar-refractivity contribution in [3.8, 4) is 0 Å². The van der Waals surface area contributed by atoms with Crippen LogP contribution in [0.25, 0.3) is 0 Å². The van der Waals surface area contributed by atoms with Gasteiger partial charge in [0.2, 0.25) is 11.8 Å². The van der Waals surface area contributed by atoms with E-state index < -0.39 is 17.9 Å². The zero-order valence-electron chi connectivity index (χ0n) is 18.9. The molecule has 0 saturated carbocycles. The Hall–Kier alpha value is -2.51. The van der Waals surface area contributed by atoms with Crippen molar-refractivity contribution >= 4 is 17.8 Å². The van der Waals surface area contributed by atoms with Crippen molar-refractivity contribution < 1.29 is 19.5 Å². The van der Waals surface area contributed by atoms with E-state index in [1.54, 1.807) is 0 Å². The fourth-order valence-electron chi connectivity index (χ4n) is 3.01. The van der Waals surface area contributed by atoms with E-state index in [-0.39, 0.29) is 25.2 Å². The Bertz CT molecular complexity index is 576. The van der Waals surface area contributed by atoms with Gasteiger partial charge in [-0.3, -0.25) is 9.59 Å². The number of rotatable bonds is 20. The summed E-state index contributed by atoms with van der Waals surface area (Å²) in [6, 6.07) is -1.11. The van der Waals surface area contributed by atoms with Crippen molar-refractivity contribution in [1.29, 1.82) is 5.53 Å². The third-order valence-corrected chi connectivity index (χ3v) is 4.83. The van der Waals surface area contributed by atoms with Gasteiger partial charge in [-0.15, -0.1) is 0 Å². The zero-order chi connectivity index (χ0) is 23.2. The number of hydrogen-bond acceptors (Lipinski definition) is 5. The number of nitrogens with one attached hydrogen (secondary N) is 3. The first kappa shape index (κ1) is 28.5. The number of carbonyl (C=O) groups is 3. The highest BCUT2D eigenvalue weighted by Gasteiger charge is 2.20. The molecular formula is C23H40N4O4. The fourth-order valence-corrected chi connectivity index (χ4v) is 3.01. The molecule has 0 rings (SSSR count). The van der Waals surface area contributed by atoms with E-state index in [9.17, 15) is 14.4 Å². The Labute approximate surface area is 186 Å². The van der Waals surface area contributed by atoms with Gasteiger partial charge in [0.15, 0.2) is 0 Å². The molecule has 0 saturated heterocycles. The van der Waals surface area contributed by atoms with Gasteiger partial charge in [-0.25, -0.2) is 10.2 Å². The first-order valence-corrected chi connectivity index (χ1v) is 11.5. The number of carboxylic acid groups (broad SMARTS) is 1. The highest BCUT2D eigenvalue weighted by atomic mass is 16.4. The van der Waals surface area contributed by atoms with Crippen molar-refractivity contribution in [1.82, 2.24) is 10.7 Å². The van der Waals surface area contributed by atoms with Crippen molar-refractivity contribution in [3.05, 3.63) is 24.3 Å². The van der Waals surface area contributed by atoms with E-state index >= 15 is 0 Å². The number of nitrogens with zero attached hydrogens (tertiary/aromatic N) is 1. The van der Waals surface area contributed by atoms with Crippen molar-refractivity contribution in [3.63, 3.8) is 0 Å². The molecule has 8 heteroatoms. The molecule has 0 aliphatic carbocycles. The minimum Gasteiger partial charge on any atom is -0.480 e. The molecule has 0 fully saturated rings. The molecule has 176 valence electrons. The first-order chi connectivity index (χ1) is 15.0. The topological polar surface area (TPSA) is 132 Å². The summed E-state index contributed by atoms with van der Waals surface area (Å²) in [4.78, 5) is 34.4. The van der Waals surface area contributed by atoms with Crippen LogP contribution >= 0.6 is 0 Å². The molecule has 0 bridgehead atoms. The largest absolute Gasteiger partial charge is 0.480 e. The minimum absolute atomic E-state index is 0.0371. The lowest BCUT2D eigenvalue weighted by Gasteiger charge is -2.13. The van der Waals surface area contributed by atoms with Crippen LogP contribution in [0.3, 0.4) is 0 Å². The summed E-state index contributed by atoms with van der Waals surface area (Å²) in [5.74, 6) is -2.04. The summed E-state index contributed by atoms with van der Waals surface area (Å²) in [5, 5.41) is 14.3. The van der Waals surface area contributed by atoms with E-state index in [4.69, 9.17) is 10.6 Å². The van der Waals surface area contributed by atoms with Crippen LogP contribution in [0.5, 0.6) is 0 Å². The maximum absolute atomic E-state index is 11.9. The highest BCUT2D eigenvalue weighted by Crippen LogP contribution is 2.09. The number of allylic oxidation sites excluding steroid dienone is 4.